The van der Waals surface area contributed by atoms with Gasteiger partial charge in [0, 0.05) is 6.54 Å². The Bertz CT molecular complexity index is 340. The normalized spacial score (nSPS) is 22.1. The summed E-state index contributed by atoms with van der Waals surface area (Å²) in [6.45, 7) is 1.72. The third-order valence-corrected chi connectivity index (χ3v) is 3.97. The van der Waals surface area contributed by atoms with Crippen LogP contribution >= 0.6 is 24.0 Å². The summed E-state index contributed by atoms with van der Waals surface area (Å²) in [4.78, 5) is 0. The Balaban J connectivity index is 0.00000112. The van der Waals surface area contributed by atoms with Crippen molar-refractivity contribution >= 4 is 34.8 Å². The molecule has 0 bridgehead atoms. The van der Waals surface area contributed by atoms with Crippen LogP contribution in [0.5, 0.6) is 0 Å². The molecule has 0 aliphatic carbocycles. The van der Waals surface area contributed by atoms with Crippen LogP contribution in [0.4, 0.5) is 0 Å². The van der Waals surface area contributed by atoms with Gasteiger partial charge in [-0.3, -0.25) is 4.21 Å². The summed E-state index contributed by atoms with van der Waals surface area (Å²) >= 11 is 5.59. The highest BCUT2D eigenvalue weighted by Gasteiger charge is 2.23. The van der Waals surface area contributed by atoms with E-state index in [0.29, 0.717) is 10.2 Å². The Kier molecular flexibility index (Phi) is 4.92. The summed E-state index contributed by atoms with van der Waals surface area (Å²) in [5.74, 6) is 0. The molecule has 1 aliphatic rings. The highest BCUT2D eigenvalue weighted by molar-refractivity contribution is 7.85. The second kappa shape index (κ2) is 5.75. The van der Waals surface area contributed by atoms with E-state index in [4.69, 9.17) is 11.6 Å². The van der Waals surface area contributed by atoms with Gasteiger partial charge in [0.1, 0.15) is 5.03 Å². The molecule has 84 valence electrons. The van der Waals surface area contributed by atoms with Gasteiger partial charge in [-0.2, -0.15) is 0 Å². The van der Waals surface area contributed by atoms with Crippen molar-refractivity contribution in [2.24, 2.45) is 0 Å². The van der Waals surface area contributed by atoms with Crippen molar-refractivity contribution in [2.45, 2.75) is 16.7 Å². The number of halogens is 2. The van der Waals surface area contributed by atoms with Gasteiger partial charge >= 0.3 is 0 Å². The second-order valence-corrected chi connectivity index (χ2v) is 5.17. The number of aromatic nitrogens is 2. The zero-order chi connectivity index (χ0) is 9.97. The van der Waals surface area contributed by atoms with E-state index in [1.54, 1.807) is 12.1 Å². The van der Waals surface area contributed by atoms with Gasteiger partial charge in [0.05, 0.1) is 16.0 Å². The van der Waals surface area contributed by atoms with Crippen molar-refractivity contribution in [3.8, 4) is 0 Å². The lowest BCUT2D eigenvalue weighted by molar-refractivity contribution is 0.667. The van der Waals surface area contributed by atoms with Crippen molar-refractivity contribution in [2.75, 3.05) is 13.1 Å². The lowest BCUT2D eigenvalue weighted by atomic mass is 10.4. The topological polar surface area (TPSA) is 54.9 Å². The first-order chi connectivity index (χ1) is 6.77. The van der Waals surface area contributed by atoms with E-state index in [1.165, 1.54) is 0 Å². The summed E-state index contributed by atoms with van der Waals surface area (Å²) in [6.07, 6.45) is 0.927. The van der Waals surface area contributed by atoms with Crippen LogP contribution in [0.3, 0.4) is 0 Å². The quantitative estimate of drug-likeness (QED) is 0.870. The molecule has 2 rings (SSSR count). The lowest BCUT2D eigenvalue weighted by Gasteiger charge is -2.06. The molecule has 1 fully saturated rings. The summed E-state index contributed by atoms with van der Waals surface area (Å²) in [6, 6.07) is 3.29. The molecule has 0 radical (unpaired) electrons. The molecule has 1 aromatic heterocycles. The van der Waals surface area contributed by atoms with Gasteiger partial charge in [-0.25, -0.2) is 0 Å². The monoisotopic (exact) mass is 267 g/mol. The fourth-order valence-electron chi connectivity index (χ4n) is 1.39. The minimum absolute atomic E-state index is 0. The molecule has 2 heterocycles. The van der Waals surface area contributed by atoms with Crippen LogP contribution in [0, 0.1) is 0 Å². The first kappa shape index (κ1) is 12.8. The molecule has 0 spiro atoms. The Hall–Kier alpha value is -0.230. The van der Waals surface area contributed by atoms with E-state index in [0.717, 1.165) is 19.5 Å². The van der Waals surface area contributed by atoms with Crippen molar-refractivity contribution < 1.29 is 4.21 Å². The average molecular weight is 268 g/mol. The van der Waals surface area contributed by atoms with Gasteiger partial charge in [0.15, 0.2) is 5.15 Å². The molecule has 0 unspecified atom stereocenters. The van der Waals surface area contributed by atoms with Gasteiger partial charge in [0.2, 0.25) is 0 Å². The maximum absolute atomic E-state index is 11.9. The molecule has 0 saturated carbocycles. The number of hydrogen-bond acceptors (Lipinski definition) is 4. The number of rotatable bonds is 2. The summed E-state index contributed by atoms with van der Waals surface area (Å²) in [7, 11) is -1.06. The zero-order valence-corrected chi connectivity index (χ0v) is 10.2. The van der Waals surface area contributed by atoms with Crippen LogP contribution < -0.4 is 5.32 Å². The molecule has 1 N–H and O–H groups in total. The third-order valence-electron chi connectivity index (χ3n) is 2.13. The standard InChI is InChI=1S/C8H10ClN3OS.ClH/c9-7-1-2-8(12-11-7)14(13)6-3-4-10-5-6;/h1-2,6,10H,3-5H2;1H/t6-,14+;/m1./s1. The van der Waals surface area contributed by atoms with Gasteiger partial charge < -0.3 is 5.32 Å². The van der Waals surface area contributed by atoms with E-state index in [-0.39, 0.29) is 17.7 Å². The Morgan fingerprint density at radius 3 is 2.80 bits per heavy atom. The minimum atomic E-state index is -1.06. The first-order valence-electron chi connectivity index (χ1n) is 4.38. The largest absolute Gasteiger partial charge is 0.315 e. The van der Waals surface area contributed by atoms with Gasteiger partial charge in [-0.1, -0.05) is 11.6 Å². The van der Waals surface area contributed by atoms with Crippen molar-refractivity contribution in [1.29, 1.82) is 0 Å². The Labute approximate surface area is 102 Å². The highest BCUT2D eigenvalue weighted by atomic mass is 35.5. The van der Waals surface area contributed by atoms with E-state index >= 15 is 0 Å². The minimum Gasteiger partial charge on any atom is -0.315 e. The average Bonchev–Trinajstić information content (AvgIpc) is 2.71. The SMILES string of the molecule is Cl.O=[S@](c1ccc(Cl)nn1)[C@@H]1CCNC1. The van der Waals surface area contributed by atoms with E-state index in [9.17, 15) is 4.21 Å². The molecule has 1 aromatic rings. The van der Waals surface area contributed by atoms with Crippen LogP contribution in [0.1, 0.15) is 6.42 Å². The zero-order valence-electron chi connectivity index (χ0n) is 7.85. The Morgan fingerprint density at radius 2 is 2.27 bits per heavy atom. The van der Waals surface area contributed by atoms with Crippen LogP contribution in [0.25, 0.3) is 0 Å². The molecular formula is C8H11Cl2N3OS. The highest BCUT2D eigenvalue weighted by Crippen LogP contribution is 2.14. The predicted molar refractivity (Wildman–Crippen MR) is 62.0 cm³/mol. The molecule has 0 amide bonds. The predicted octanol–water partition coefficient (Wildman–Crippen LogP) is 1.02. The van der Waals surface area contributed by atoms with E-state index in [2.05, 4.69) is 15.5 Å². The van der Waals surface area contributed by atoms with Crippen LogP contribution in [0.2, 0.25) is 5.15 Å². The molecule has 1 saturated heterocycles. The van der Waals surface area contributed by atoms with Gasteiger partial charge in [-0.05, 0) is 25.1 Å². The van der Waals surface area contributed by atoms with Crippen LogP contribution in [-0.2, 0) is 10.8 Å². The summed E-state index contributed by atoms with van der Waals surface area (Å²) < 4.78 is 11.9. The Morgan fingerprint density at radius 1 is 1.47 bits per heavy atom. The number of nitrogens with one attached hydrogen (secondary N) is 1. The first-order valence-corrected chi connectivity index (χ1v) is 5.97. The molecule has 1 aliphatic heterocycles. The number of nitrogens with zero attached hydrogens (tertiary/aromatic N) is 2. The maximum Gasteiger partial charge on any atom is 0.151 e. The summed E-state index contributed by atoms with van der Waals surface area (Å²) in [5, 5.41) is 11.7. The second-order valence-electron chi connectivity index (χ2n) is 3.11. The summed E-state index contributed by atoms with van der Waals surface area (Å²) in [5.41, 5.74) is 0. The fourth-order valence-corrected chi connectivity index (χ4v) is 2.76. The molecule has 7 heteroatoms. The van der Waals surface area contributed by atoms with Crippen molar-refractivity contribution in [1.82, 2.24) is 15.5 Å². The maximum atomic E-state index is 11.9. The van der Waals surface area contributed by atoms with Gasteiger partial charge in [-0.15, -0.1) is 22.6 Å². The lowest BCUT2D eigenvalue weighted by Crippen LogP contribution is -2.19. The molecule has 2 atom stereocenters. The molecule has 0 aromatic carbocycles. The van der Waals surface area contributed by atoms with E-state index < -0.39 is 10.8 Å². The molecular weight excluding hydrogens is 257 g/mol. The van der Waals surface area contributed by atoms with Gasteiger partial charge in [0.25, 0.3) is 0 Å². The molecule has 4 nitrogen and oxygen atoms in total. The van der Waals surface area contributed by atoms with Crippen LogP contribution in [-0.4, -0.2) is 32.7 Å². The fraction of sp³-hybridized carbons (Fsp3) is 0.500. The van der Waals surface area contributed by atoms with Crippen molar-refractivity contribution in [3.05, 3.63) is 17.3 Å². The van der Waals surface area contributed by atoms with Crippen molar-refractivity contribution in [3.63, 3.8) is 0 Å². The third kappa shape index (κ3) is 3.11. The molecule has 15 heavy (non-hydrogen) atoms. The number of hydrogen-bond donors (Lipinski definition) is 1. The van der Waals surface area contributed by atoms with E-state index in [1.807, 2.05) is 0 Å². The smallest absolute Gasteiger partial charge is 0.151 e. The van der Waals surface area contributed by atoms with Crippen LogP contribution in [0.15, 0.2) is 17.2 Å².